The lowest BCUT2D eigenvalue weighted by molar-refractivity contribution is -0.153. The van der Waals surface area contributed by atoms with Gasteiger partial charge in [0.25, 0.3) is 11.5 Å². The molecule has 2 rings (SSSR count). The molecule has 8 heteroatoms. The highest BCUT2D eigenvalue weighted by molar-refractivity contribution is 5.95. The summed E-state index contributed by atoms with van der Waals surface area (Å²) in [6, 6.07) is 8.45. The molecule has 8 nitrogen and oxygen atoms in total. The number of hydrogen-bond acceptors (Lipinski definition) is 5. The third-order valence-electron chi connectivity index (χ3n) is 3.50. The Morgan fingerprint density at radius 2 is 1.88 bits per heavy atom. The van der Waals surface area contributed by atoms with Crippen LogP contribution < -0.4 is 16.6 Å². The van der Waals surface area contributed by atoms with E-state index in [2.05, 4.69) is 5.32 Å². The van der Waals surface area contributed by atoms with Crippen molar-refractivity contribution >= 4 is 17.6 Å². The fraction of sp³-hybridized carbons (Fsp3) is 0.294. The first kappa shape index (κ1) is 18.2. The van der Waals surface area contributed by atoms with E-state index < -0.39 is 35.8 Å². The Morgan fingerprint density at radius 1 is 1.20 bits per heavy atom. The number of H-pyrrole nitrogens is 1. The molecule has 1 amide bonds. The van der Waals surface area contributed by atoms with E-state index in [9.17, 15) is 19.2 Å². The van der Waals surface area contributed by atoms with Gasteiger partial charge < -0.3 is 10.1 Å². The van der Waals surface area contributed by atoms with E-state index in [1.54, 1.807) is 12.1 Å². The van der Waals surface area contributed by atoms with Gasteiger partial charge >= 0.3 is 11.7 Å². The first-order valence-electron chi connectivity index (χ1n) is 7.78. The third kappa shape index (κ3) is 5.17. The number of amides is 1. The molecule has 2 N–H and O–H groups in total. The van der Waals surface area contributed by atoms with Crippen molar-refractivity contribution in [2.24, 2.45) is 0 Å². The maximum Gasteiger partial charge on any atom is 0.328 e. The molecule has 1 atom stereocenters. The van der Waals surface area contributed by atoms with Gasteiger partial charge in [-0.15, -0.1) is 0 Å². The first-order valence-corrected chi connectivity index (χ1v) is 7.78. The molecular weight excluding hydrogens is 326 g/mol. The maximum absolute atomic E-state index is 12.1. The number of esters is 1. The smallest absolute Gasteiger partial charge is 0.328 e. The number of hydrogen-bond donors (Lipinski definition) is 2. The lowest BCUT2D eigenvalue weighted by atomic mass is 10.1. The van der Waals surface area contributed by atoms with Gasteiger partial charge in [0.15, 0.2) is 6.10 Å². The summed E-state index contributed by atoms with van der Waals surface area (Å²) in [5.41, 5.74) is 0.458. The van der Waals surface area contributed by atoms with Crippen LogP contribution in [0.15, 0.2) is 46.1 Å². The number of nitrogens with zero attached hydrogens (tertiary/aromatic N) is 1. The fourth-order valence-corrected chi connectivity index (χ4v) is 2.06. The van der Waals surface area contributed by atoms with Crippen molar-refractivity contribution in [3.05, 3.63) is 62.9 Å². The summed E-state index contributed by atoms with van der Waals surface area (Å²) >= 11 is 0. The number of rotatable bonds is 6. The van der Waals surface area contributed by atoms with Crippen molar-refractivity contribution in [1.82, 2.24) is 9.55 Å². The Bertz CT molecular complexity index is 867. The van der Waals surface area contributed by atoms with Crippen LogP contribution in [0.2, 0.25) is 0 Å². The molecule has 0 bridgehead atoms. The summed E-state index contributed by atoms with van der Waals surface area (Å²) in [4.78, 5) is 48.4. The number of anilines is 1. The number of ether oxygens (including phenoxy) is 1. The Kier molecular flexibility index (Phi) is 5.89. The third-order valence-corrected chi connectivity index (χ3v) is 3.50. The maximum atomic E-state index is 12.1. The summed E-state index contributed by atoms with van der Waals surface area (Å²) in [6.07, 6.45) is 1.05. The van der Waals surface area contributed by atoms with Gasteiger partial charge in [0, 0.05) is 18.0 Å². The van der Waals surface area contributed by atoms with E-state index >= 15 is 0 Å². The second kappa shape index (κ2) is 8.09. The van der Waals surface area contributed by atoms with Crippen LogP contribution in [0.3, 0.4) is 0 Å². The lowest BCUT2D eigenvalue weighted by Crippen LogP contribution is -2.34. The predicted molar refractivity (Wildman–Crippen MR) is 91.3 cm³/mol. The van der Waals surface area contributed by atoms with E-state index in [1.807, 2.05) is 24.0 Å². The highest BCUT2D eigenvalue weighted by atomic mass is 16.5. The van der Waals surface area contributed by atoms with E-state index in [0.29, 0.717) is 5.69 Å². The van der Waals surface area contributed by atoms with Gasteiger partial charge in [0.05, 0.1) is 0 Å². The van der Waals surface area contributed by atoms with Crippen molar-refractivity contribution in [3.63, 3.8) is 0 Å². The molecule has 1 heterocycles. The number of carbonyl (C=O) groups excluding carboxylic acids is 2. The van der Waals surface area contributed by atoms with E-state index in [0.717, 1.165) is 22.6 Å². The van der Waals surface area contributed by atoms with Crippen LogP contribution in [-0.4, -0.2) is 27.5 Å². The quantitative estimate of drug-likeness (QED) is 0.748. The average molecular weight is 345 g/mol. The molecule has 132 valence electrons. The number of benzene rings is 1. The minimum atomic E-state index is -1.03. The minimum absolute atomic E-state index is 0.404. The van der Waals surface area contributed by atoms with E-state index in [4.69, 9.17) is 4.74 Å². The molecule has 0 saturated heterocycles. The molecule has 0 spiro atoms. The van der Waals surface area contributed by atoms with Gasteiger partial charge in [-0.05, 0) is 31.0 Å². The number of nitrogens with one attached hydrogen (secondary N) is 2. The van der Waals surface area contributed by atoms with Gasteiger partial charge in [-0.2, -0.15) is 0 Å². The van der Waals surface area contributed by atoms with Gasteiger partial charge in [0.1, 0.15) is 6.54 Å². The zero-order valence-electron chi connectivity index (χ0n) is 13.9. The summed E-state index contributed by atoms with van der Waals surface area (Å²) in [5, 5.41) is 2.65. The number of aromatic nitrogens is 2. The molecule has 0 unspecified atom stereocenters. The highest BCUT2D eigenvalue weighted by Gasteiger charge is 2.18. The summed E-state index contributed by atoms with van der Waals surface area (Å²) < 4.78 is 6.00. The second-order valence-corrected chi connectivity index (χ2v) is 5.41. The number of aromatic amines is 1. The molecule has 0 aliphatic rings. The minimum Gasteiger partial charge on any atom is -0.451 e. The molecule has 1 aromatic carbocycles. The molecule has 0 radical (unpaired) electrons. The van der Waals surface area contributed by atoms with Crippen LogP contribution in [0.4, 0.5) is 5.69 Å². The highest BCUT2D eigenvalue weighted by Crippen LogP contribution is 2.10. The fourth-order valence-electron chi connectivity index (χ4n) is 2.06. The SMILES string of the molecule is CCc1ccc(NC(=O)[C@H](C)OC(=O)Cn2ccc(=O)[nH]c2=O)cc1. The largest absolute Gasteiger partial charge is 0.451 e. The van der Waals surface area contributed by atoms with E-state index in [-0.39, 0.29) is 0 Å². The van der Waals surface area contributed by atoms with Gasteiger partial charge in [-0.3, -0.25) is 23.9 Å². The standard InChI is InChI=1S/C17H19N3O5/c1-3-12-4-6-13(7-5-12)18-16(23)11(2)25-15(22)10-20-9-8-14(21)19-17(20)24/h4-9,11H,3,10H2,1-2H3,(H,18,23)(H,19,21,24)/t11-/m0/s1. The Morgan fingerprint density at radius 3 is 2.48 bits per heavy atom. The zero-order chi connectivity index (χ0) is 18.4. The van der Waals surface area contributed by atoms with Gasteiger partial charge in [-0.1, -0.05) is 19.1 Å². The van der Waals surface area contributed by atoms with E-state index in [1.165, 1.54) is 13.1 Å². The summed E-state index contributed by atoms with van der Waals surface area (Å²) in [5.74, 6) is -1.25. The normalized spacial score (nSPS) is 11.6. The van der Waals surface area contributed by atoms with Crippen LogP contribution in [-0.2, 0) is 27.3 Å². The summed E-state index contributed by atoms with van der Waals surface area (Å²) in [6.45, 7) is 3.06. The molecule has 0 saturated carbocycles. The first-order chi connectivity index (χ1) is 11.9. The second-order valence-electron chi connectivity index (χ2n) is 5.41. The van der Waals surface area contributed by atoms with Crippen LogP contribution in [0, 0.1) is 0 Å². The number of aryl methyl sites for hydroxylation is 1. The molecule has 0 aliphatic carbocycles. The van der Waals surface area contributed by atoms with Crippen LogP contribution in [0.1, 0.15) is 19.4 Å². The van der Waals surface area contributed by atoms with Crippen LogP contribution >= 0.6 is 0 Å². The van der Waals surface area contributed by atoms with Gasteiger partial charge in [-0.25, -0.2) is 4.79 Å². The lowest BCUT2D eigenvalue weighted by Gasteiger charge is -2.14. The molecular formula is C17H19N3O5. The Hall–Kier alpha value is -3.16. The van der Waals surface area contributed by atoms with Crippen molar-refractivity contribution in [3.8, 4) is 0 Å². The van der Waals surface area contributed by atoms with Crippen molar-refractivity contribution in [2.45, 2.75) is 32.9 Å². The number of carbonyl (C=O) groups is 2. The average Bonchev–Trinajstić information content (AvgIpc) is 2.58. The molecule has 0 aliphatic heterocycles. The van der Waals surface area contributed by atoms with Crippen molar-refractivity contribution in [2.75, 3.05) is 5.32 Å². The zero-order valence-corrected chi connectivity index (χ0v) is 13.9. The molecule has 2 aromatic rings. The van der Waals surface area contributed by atoms with Crippen LogP contribution in [0.25, 0.3) is 0 Å². The topological polar surface area (TPSA) is 110 Å². The van der Waals surface area contributed by atoms with Gasteiger partial charge in [0.2, 0.25) is 0 Å². The Balaban J connectivity index is 1.92. The van der Waals surface area contributed by atoms with Crippen LogP contribution in [0.5, 0.6) is 0 Å². The van der Waals surface area contributed by atoms with Crippen molar-refractivity contribution in [1.29, 1.82) is 0 Å². The monoisotopic (exact) mass is 345 g/mol. The molecule has 0 fully saturated rings. The predicted octanol–water partition coefficient (Wildman–Crippen LogP) is 0.669. The molecule has 25 heavy (non-hydrogen) atoms. The van der Waals surface area contributed by atoms with Crippen molar-refractivity contribution < 1.29 is 14.3 Å². The molecule has 1 aromatic heterocycles. The Labute approximate surface area is 143 Å². The summed E-state index contributed by atoms with van der Waals surface area (Å²) in [7, 11) is 0.